The van der Waals surface area contributed by atoms with Crippen molar-refractivity contribution in [2.45, 2.75) is 12.8 Å². The molecule has 0 bridgehead atoms. The SMILES string of the molecule is CN(CC(=O)N1CCCC1)C(=O)c1ccc(F)nc1. The summed E-state index contributed by atoms with van der Waals surface area (Å²) in [7, 11) is 1.56. The Kier molecular flexibility index (Phi) is 4.09. The second-order valence-corrected chi connectivity index (χ2v) is 4.62. The number of carbonyl (C=O) groups excluding carboxylic acids is 2. The first-order chi connectivity index (χ1) is 9.08. The fraction of sp³-hybridized carbons (Fsp3) is 0.462. The molecule has 2 heterocycles. The minimum absolute atomic E-state index is 0.0379. The van der Waals surface area contributed by atoms with Crippen molar-refractivity contribution >= 4 is 11.8 Å². The molecule has 2 amide bonds. The lowest BCUT2D eigenvalue weighted by molar-refractivity contribution is -0.130. The molecule has 102 valence electrons. The molecule has 1 aliphatic rings. The van der Waals surface area contributed by atoms with Gasteiger partial charge in [0.2, 0.25) is 11.9 Å². The summed E-state index contributed by atoms with van der Waals surface area (Å²) in [5, 5.41) is 0. The van der Waals surface area contributed by atoms with Crippen molar-refractivity contribution < 1.29 is 14.0 Å². The summed E-state index contributed by atoms with van der Waals surface area (Å²) >= 11 is 0. The number of amides is 2. The van der Waals surface area contributed by atoms with Gasteiger partial charge < -0.3 is 9.80 Å². The number of likely N-dealkylation sites (tertiary alicyclic amines) is 1. The van der Waals surface area contributed by atoms with Gasteiger partial charge in [-0.3, -0.25) is 9.59 Å². The Balaban J connectivity index is 1.95. The van der Waals surface area contributed by atoms with E-state index in [4.69, 9.17) is 0 Å². The van der Waals surface area contributed by atoms with Crippen LogP contribution in [0.5, 0.6) is 0 Å². The van der Waals surface area contributed by atoms with E-state index >= 15 is 0 Å². The molecule has 1 fully saturated rings. The Morgan fingerprint density at radius 1 is 1.37 bits per heavy atom. The van der Waals surface area contributed by atoms with E-state index in [1.807, 2.05) is 0 Å². The maximum absolute atomic E-state index is 12.7. The van der Waals surface area contributed by atoms with Crippen LogP contribution >= 0.6 is 0 Å². The Bertz CT molecular complexity index is 469. The summed E-state index contributed by atoms with van der Waals surface area (Å²) in [6, 6.07) is 2.49. The highest BCUT2D eigenvalue weighted by molar-refractivity contribution is 5.96. The van der Waals surface area contributed by atoms with Gasteiger partial charge in [0.1, 0.15) is 0 Å². The average Bonchev–Trinajstić information content (AvgIpc) is 2.92. The van der Waals surface area contributed by atoms with Gasteiger partial charge in [-0.1, -0.05) is 0 Å². The number of aromatic nitrogens is 1. The quantitative estimate of drug-likeness (QED) is 0.763. The highest BCUT2D eigenvalue weighted by Gasteiger charge is 2.21. The number of pyridine rings is 1. The zero-order chi connectivity index (χ0) is 13.8. The van der Waals surface area contributed by atoms with Crippen LogP contribution in [0.2, 0.25) is 0 Å². The lowest BCUT2D eigenvalue weighted by atomic mass is 10.2. The van der Waals surface area contributed by atoms with E-state index in [2.05, 4.69) is 4.98 Å². The van der Waals surface area contributed by atoms with Gasteiger partial charge in [0.15, 0.2) is 0 Å². The van der Waals surface area contributed by atoms with Gasteiger partial charge in [0.25, 0.3) is 5.91 Å². The molecule has 0 aromatic carbocycles. The number of hydrogen-bond acceptors (Lipinski definition) is 3. The maximum Gasteiger partial charge on any atom is 0.255 e. The van der Waals surface area contributed by atoms with E-state index in [0.29, 0.717) is 0 Å². The first-order valence-electron chi connectivity index (χ1n) is 6.23. The molecule has 0 saturated carbocycles. The van der Waals surface area contributed by atoms with Crippen LogP contribution in [0.15, 0.2) is 18.3 Å². The number of hydrogen-bond donors (Lipinski definition) is 0. The molecule has 5 nitrogen and oxygen atoms in total. The zero-order valence-corrected chi connectivity index (χ0v) is 10.8. The van der Waals surface area contributed by atoms with Gasteiger partial charge in [0, 0.05) is 26.3 Å². The van der Waals surface area contributed by atoms with Crippen molar-refractivity contribution in [3.8, 4) is 0 Å². The third-order valence-electron chi connectivity index (χ3n) is 3.15. The van der Waals surface area contributed by atoms with Crippen LogP contribution in [0.4, 0.5) is 4.39 Å². The molecule has 2 rings (SSSR count). The first-order valence-corrected chi connectivity index (χ1v) is 6.23. The number of halogens is 1. The molecule has 0 atom stereocenters. The minimum Gasteiger partial charge on any atom is -0.341 e. The summed E-state index contributed by atoms with van der Waals surface area (Å²) in [4.78, 5) is 30.4. The summed E-state index contributed by atoms with van der Waals surface area (Å²) in [5.74, 6) is -1.02. The van der Waals surface area contributed by atoms with Gasteiger partial charge in [0.05, 0.1) is 12.1 Å². The standard InChI is InChI=1S/C13H16FN3O2/c1-16(9-12(18)17-6-2-3-7-17)13(19)10-4-5-11(14)15-8-10/h4-5,8H,2-3,6-7,9H2,1H3. The van der Waals surface area contributed by atoms with Crippen LogP contribution in [-0.2, 0) is 4.79 Å². The molecular weight excluding hydrogens is 249 g/mol. The number of likely N-dealkylation sites (N-methyl/N-ethyl adjacent to an activating group) is 1. The number of rotatable bonds is 3. The summed E-state index contributed by atoms with van der Waals surface area (Å²) in [6.07, 6.45) is 3.21. The van der Waals surface area contributed by atoms with E-state index in [9.17, 15) is 14.0 Å². The van der Waals surface area contributed by atoms with E-state index in [0.717, 1.165) is 32.0 Å². The topological polar surface area (TPSA) is 53.5 Å². The van der Waals surface area contributed by atoms with E-state index in [-0.39, 0.29) is 23.9 Å². The maximum atomic E-state index is 12.7. The van der Waals surface area contributed by atoms with Crippen molar-refractivity contribution in [3.05, 3.63) is 29.8 Å². The molecule has 0 unspecified atom stereocenters. The van der Waals surface area contributed by atoms with Crippen molar-refractivity contribution in [2.75, 3.05) is 26.7 Å². The summed E-state index contributed by atoms with van der Waals surface area (Å²) in [5.41, 5.74) is 0.276. The van der Waals surface area contributed by atoms with Crippen molar-refractivity contribution in [2.24, 2.45) is 0 Å². The van der Waals surface area contributed by atoms with Gasteiger partial charge in [-0.2, -0.15) is 4.39 Å². The van der Waals surface area contributed by atoms with Gasteiger partial charge in [-0.15, -0.1) is 0 Å². The van der Waals surface area contributed by atoms with Crippen LogP contribution in [0.3, 0.4) is 0 Å². The second-order valence-electron chi connectivity index (χ2n) is 4.62. The highest BCUT2D eigenvalue weighted by atomic mass is 19.1. The highest BCUT2D eigenvalue weighted by Crippen LogP contribution is 2.09. The van der Waals surface area contributed by atoms with Gasteiger partial charge in [-0.25, -0.2) is 4.98 Å². The summed E-state index contributed by atoms with van der Waals surface area (Å²) in [6.45, 7) is 1.56. The normalized spacial score (nSPS) is 14.5. The molecule has 0 aliphatic carbocycles. The first kappa shape index (κ1) is 13.5. The third kappa shape index (κ3) is 3.27. The Hall–Kier alpha value is -1.98. The Morgan fingerprint density at radius 2 is 2.05 bits per heavy atom. The van der Waals surface area contributed by atoms with Gasteiger partial charge in [-0.05, 0) is 25.0 Å². The molecule has 6 heteroatoms. The van der Waals surface area contributed by atoms with E-state index in [1.54, 1.807) is 11.9 Å². The molecule has 1 aliphatic heterocycles. The molecule has 1 aromatic heterocycles. The van der Waals surface area contributed by atoms with Crippen LogP contribution in [0.25, 0.3) is 0 Å². The Labute approximate surface area is 111 Å². The van der Waals surface area contributed by atoms with Crippen LogP contribution in [0, 0.1) is 5.95 Å². The second kappa shape index (κ2) is 5.77. The fourth-order valence-electron chi connectivity index (χ4n) is 2.06. The molecule has 19 heavy (non-hydrogen) atoms. The minimum atomic E-state index is -0.632. The van der Waals surface area contributed by atoms with Crippen LogP contribution in [0.1, 0.15) is 23.2 Å². The molecule has 1 saturated heterocycles. The zero-order valence-electron chi connectivity index (χ0n) is 10.8. The van der Waals surface area contributed by atoms with Crippen LogP contribution in [-0.4, -0.2) is 53.3 Å². The average molecular weight is 265 g/mol. The molecule has 0 N–H and O–H groups in total. The smallest absolute Gasteiger partial charge is 0.255 e. The lowest BCUT2D eigenvalue weighted by Crippen LogP contribution is -2.39. The van der Waals surface area contributed by atoms with Crippen molar-refractivity contribution in [1.82, 2.24) is 14.8 Å². The molecule has 0 spiro atoms. The molecular formula is C13H16FN3O2. The van der Waals surface area contributed by atoms with Gasteiger partial charge >= 0.3 is 0 Å². The number of carbonyl (C=O) groups is 2. The fourth-order valence-corrected chi connectivity index (χ4v) is 2.06. The Morgan fingerprint density at radius 3 is 2.63 bits per heavy atom. The largest absolute Gasteiger partial charge is 0.341 e. The molecule has 0 radical (unpaired) electrons. The van der Waals surface area contributed by atoms with Crippen molar-refractivity contribution in [1.29, 1.82) is 0 Å². The summed E-state index contributed by atoms with van der Waals surface area (Å²) < 4.78 is 12.7. The monoisotopic (exact) mass is 265 g/mol. The van der Waals surface area contributed by atoms with Crippen molar-refractivity contribution in [3.63, 3.8) is 0 Å². The number of nitrogens with zero attached hydrogens (tertiary/aromatic N) is 3. The molecule has 1 aromatic rings. The van der Waals surface area contributed by atoms with Crippen LogP contribution < -0.4 is 0 Å². The predicted octanol–water partition coefficient (Wildman–Crippen LogP) is 0.915. The van der Waals surface area contributed by atoms with E-state index in [1.165, 1.54) is 17.2 Å². The van der Waals surface area contributed by atoms with E-state index < -0.39 is 5.95 Å². The third-order valence-corrected chi connectivity index (χ3v) is 3.15. The lowest BCUT2D eigenvalue weighted by Gasteiger charge is -2.21. The predicted molar refractivity (Wildman–Crippen MR) is 67.0 cm³/mol.